The van der Waals surface area contributed by atoms with Crippen LogP contribution >= 0.6 is 0 Å². The van der Waals surface area contributed by atoms with E-state index in [1.54, 1.807) is 0 Å². The summed E-state index contributed by atoms with van der Waals surface area (Å²) in [4.78, 5) is 13.9. The highest BCUT2D eigenvalue weighted by atomic mass is 19.1. The number of aromatic nitrogens is 2. The standard InChI is InChI=1S/C15H16F2N4O/c1-9-10-4-3-7-21(15(10)20-19-9)8-13(22)18-14-11(16)5-2-6-12(14)17/h2,5-6H,3-4,7-8H2,1H3,(H,18,22)(H,19,20). The number of para-hydroxylation sites is 1. The molecule has 0 bridgehead atoms. The molecule has 7 heteroatoms. The average molecular weight is 306 g/mol. The predicted molar refractivity (Wildman–Crippen MR) is 78.8 cm³/mol. The molecule has 0 aliphatic carbocycles. The van der Waals surface area contributed by atoms with Crippen molar-refractivity contribution in [2.24, 2.45) is 0 Å². The molecule has 2 aromatic rings. The van der Waals surface area contributed by atoms with E-state index in [1.807, 2.05) is 11.8 Å². The quantitative estimate of drug-likeness (QED) is 0.915. The molecule has 1 aromatic heterocycles. The SMILES string of the molecule is Cc1[nH]nc2c1CCCN2CC(=O)Nc1c(F)cccc1F. The van der Waals surface area contributed by atoms with Crippen LogP contribution in [0.1, 0.15) is 17.7 Å². The van der Waals surface area contributed by atoms with Crippen molar-refractivity contribution in [2.75, 3.05) is 23.3 Å². The Morgan fingerprint density at radius 2 is 2.14 bits per heavy atom. The first-order valence-electron chi connectivity index (χ1n) is 7.09. The highest BCUT2D eigenvalue weighted by molar-refractivity contribution is 5.94. The van der Waals surface area contributed by atoms with Crippen LogP contribution in [0.5, 0.6) is 0 Å². The minimum Gasteiger partial charge on any atom is -0.346 e. The number of H-pyrrole nitrogens is 1. The van der Waals surface area contributed by atoms with Gasteiger partial charge in [-0.1, -0.05) is 6.07 Å². The Hall–Kier alpha value is -2.44. The molecular formula is C15H16F2N4O. The number of carbonyl (C=O) groups excluding carboxylic acids is 1. The molecule has 0 radical (unpaired) electrons. The first kappa shape index (κ1) is 14.5. The topological polar surface area (TPSA) is 61.0 Å². The molecule has 22 heavy (non-hydrogen) atoms. The summed E-state index contributed by atoms with van der Waals surface area (Å²) in [6, 6.07) is 3.47. The number of fused-ring (bicyclic) bond motifs is 1. The first-order valence-corrected chi connectivity index (χ1v) is 7.09. The number of aryl methyl sites for hydroxylation is 1. The summed E-state index contributed by atoms with van der Waals surface area (Å²) < 4.78 is 27.1. The predicted octanol–water partition coefficient (Wildman–Crippen LogP) is 2.39. The van der Waals surface area contributed by atoms with E-state index in [2.05, 4.69) is 15.5 Å². The van der Waals surface area contributed by atoms with Gasteiger partial charge in [-0.05, 0) is 31.9 Å². The maximum Gasteiger partial charge on any atom is 0.244 e. The summed E-state index contributed by atoms with van der Waals surface area (Å²) in [7, 11) is 0. The Kier molecular flexibility index (Phi) is 3.79. The maximum atomic E-state index is 13.5. The number of amides is 1. The molecule has 0 atom stereocenters. The third kappa shape index (κ3) is 2.66. The van der Waals surface area contributed by atoms with Crippen LogP contribution in [0.4, 0.5) is 20.3 Å². The molecule has 5 nitrogen and oxygen atoms in total. The number of nitrogens with one attached hydrogen (secondary N) is 2. The highest BCUT2D eigenvalue weighted by Gasteiger charge is 2.24. The number of hydrogen-bond acceptors (Lipinski definition) is 3. The molecule has 0 spiro atoms. The molecule has 0 saturated carbocycles. The Labute approximate surface area is 126 Å². The minimum absolute atomic E-state index is 0.00503. The highest BCUT2D eigenvalue weighted by Crippen LogP contribution is 2.27. The fourth-order valence-electron chi connectivity index (χ4n) is 2.68. The van der Waals surface area contributed by atoms with E-state index in [1.165, 1.54) is 6.07 Å². The molecule has 0 fully saturated rings. The number of benzene rings is 1. The molecular weight excluding hydrogens is 290 g/mol. The molecule has 3 rings (SSSR count). The summed E-state index contributed by atoms with van der Waals surface area (Å²) >= 11 is 0. The van der Waals surface area contributed by atoms with Gasteiger partial charge in [-0.2, -0.15) is 5.10 Å². The molecule has 1 aliphatic rings. The van der Waals surface area contributed by atoms with E-state index in [0.717, 1.165) is 42.0 Å². The van der Waals surface area contributed by atoms with Gasteiger partial charge in [0, 0.05) is 17.8 Å². The zero-order valence-electron chi connectivity index (χ0n) is 12.1. The van der Waals surface area contributed by atoms with Gasteiger partial charge >= 0.3 is 0 Å². The lowest BCUT2D eigenvalue weighted by Gasteiger charge is -2.27. The summed E-state index contributed by atoms with van der Waals surface area (Å²) in [5, 5.41) is 9.41. The Balaban J connectivity index is 1.73. The van der Waals surface area contributed by atoms with E-state index in [-0.39, 0.29) is 6.54 Å². The van der Waals surface area contributed by atoms with Crippen molar-refractivity contribution < 1.29 is 13.6 Å². The Morgan fingerprint density at radius 1 is 1.41 bits per heavy atom. The summed E-state index contributed by atoms with van der Waals surface area (Å²) in [5.41, 5.74) is 1.67. The van der Waals surface area contributed by atoms with Crippen LogP contribution < -0.4 is 10.2 Å². The van der Waals surface area contributed by atoms with Gasteiger partial charge in [-0.3, -0.25) is 9.89 Å². The van der Waals surface area contributed by atoms with Crippen LogP contribution in [0.3, 0.4) is 0 Å². The van der Waals surface area contributed by atoms with Gasteiger partial charge in [-0.15, -0.1) is 0 Å². The van der Waals surface area contributed by atoms with E-state index in [0.29, 0.717) is 6.54 Å². The first-order chi connectivity index (χ1) is 10.6. The lowest BCUT2D eigenvalue weighted by atomic mass is 10.1. The molecule has 116 valence electrons. The van der Waals surface area contributed by atoms with Crippen LogP contribution in [0.2, 0.25) is 0 Å². The van der Waals surface area contributed by atoms with Crippen LogP contribution in [-0.4, -0.2) is 29.2 Å². The van der Waals surface area contributed by atoms with Crippen LogP contribution in [0.15, 0.2) is 18.2 Å². The monoisotopic (exact) mass is 306 g/mol. The van der Waals surface area contributed by atoms with Crippen molar-refractivity contribution in [3.63, 3.8) is 0 Å². The van der Waals surface area contributed by atoms with Gasteiger partial charge in [0.1, 0.15) is 17.3 Å². The second-order valence-electron chi connectivity index (χ2n) is 5.32. The zero-order chi connectivity index (χ0) is 15.7. The maximum absolute atomic E-state index is 13.5. The zero-order valence-corrected chi connectivity index (χ0v) is 12.1. The van der Waals surface area contributed by atoms with Crippen molar-refractivity contribution in [2.45, 2.75) is 19.8 Å². The third-order valence-corrected chi connectivity index (χ3v) is 3.77. The number of aromatic amines is 1. The lowest BCUT2D eigenvalue weighted by Crippen LogP contribution is -2.37. The van der Waals surface area contributed by atoms with Crippen molar-refractivity contribution in [1.82, 2.24) is 10.2 Å². The third-order valence-electron chi connectivity index (χ3n) is 3.77. The minimum atomic E-state index is -0.789. The molecule has 1 aliphatic heterocycles. The van der Waals surface area contributed by atoms with Gasteiger partial charge < -0.3 is 10.2 Å². The number of carbonyl (C=O) groups is 1. The van der Waals surface area contributed by atoms with E-state index in [9.17, 15) is 13.6 Å². The van der Waals surface area contributed by atoms with Crippen LogP contribution in [0, 0.1) is 18.6 Å². The summed E-state index contributed by atoms with van der Waals surface area (Å²) in [5.74, 6) is -1.31. The molecule has 2 heterocycles. The van der Waals surface area contributed by atoms with Crippen molar-refractivity contribution in [1.29, 1.82) is 0 Å². The van der Waals surface area contributed by atoms with E-state index >= 15 is 0 Å². The largest absolute Gasteiger partial charge is 0.346 e. The molecule has 1 aromatic carbocycles. The molecule has 0 saturated heterocycles. The van der Waals surface area contributed by atoms with Crippen molar-refractivity contribution >= 4 is 17.4 Å². The lowest BCUT2D eigenvalue weighted by molar-refractivity contribution is -0.115. The summed E-state index contributed by atoms with van der Waals surface area (Å²) in [6.07, 6.45) is 1.83. The van der Waals surface area contributed by atoms with Gasteiger partial charge in [0.25, 0.3) is 0 Å². The second-order valence-corrected chi connectivity index (χ2v) is 5.32. The number of halogens is 2. The van der Waals surface area contributed by atoms with Crippen LogP contribution in [0.25, 0.3) is 0 Å². The van der Waals surface area contributed by atoms with Gasteiger partial charge in [-0.25, -0.2) is 8.78 Å². The van der Waals surface area contributed by atoms with Crippen molar-refractivity contribution in [3.8, 4) is 0 Å². The fourth-order valence-corrected chi connectivity index (χ4v) is 2.68. The van der Waals surface area contributed by atoms with Gasteiger partial charge in [0.05, 0.1) is 6.54 Å². The fraction of sp³-hybridized carbons (Fsp3) is 0.333. The van der Waals surface area contributed by atoms with Gasteiger partial charge in [0.2, 0.25) is 5.91 Å². The summed E-state index contributed by atoms with van der Waals surface area (Å²) in [6.45, 7) is 2.62. The smallest absolute Gasteiger partial charge is 0.244 e. The molecule has 1 amide bonds. The Bertz CT molecular complexity index is 693. The molecule has 0 unspecified atom stereocenters. The Morgan fingerprint density at radius 3 is 2.86 bits per heavy atom. The van der Waals surface area contributed by atoms with Crippen molar-refractivity contribution in [3.05, 3.63) is 41.1 Å². The van der Waals surface area contributed by atoms with E-state index in [4.69, 9.17) is 0 Å². The normalized spacial score (nSPS) is 13.9. The number of hydrogen-bond donors (Lipinski definition) is 2. The number of anilines is 2. The van der Waals surface area contributed by atoms with Gasteiger partial charge in [0.15, 0.2) is 5.82 Å². The number of rotatable bonds is 3. The van der Waals surface area contributed by atoms with Crippen LogP contribution in [-0.2, 0) is 11.2 Å². The molecule has 2 N–H and O–H groups in total. The average Bonchev–Trinajstić information content (AvgIpc) is 2.86. The second kappa shape index (κ2) is 5.75. The number of nitrogens with zero attached hydrogens (tertiary/aromatic N) is 2. The van der Waals surface area contributed by atoms with E-state index < -0.39 is 23.2 Å².